The molecule has 1 aromatic carbocycles. The molecule has 1 aliphatic carbocycles. The summed E-state index contributed by atoms with van der Waals surface area (Å²) in [5, 5.41) is 4.30. The molecule has 0 saturated heterocycles. The van der Waals surface area contributed by atoms with Crippen molar-refractivity contribution < 1.29 is 13.2 Å². The van der Waals surface area contributed by atoms with Crippen LogP contribution in [0.2, 0.25) is 0 Å². The average molecular weight is 372 g/mol. The minimum Gasteiger partial charge on any atom is -0.359 e. The minimum atomic E-state index is -1.88. The molecule has 0 aliphatic heterocycles. The van der Waals surface area contributed by atoms with Gasteiger partial charge >= 0.3 is 0 Å². The maximum Gasteiger partial charge on any atom is 0.234 e. The van der Waals surface area contributed by atoms with Crippen LogP contribution in [0.4, 0.5) is 9.52 Å². The molecule has 2 aromatic rings. The maximum atomic E-state index is 13.3. The van der Waals surface area contributed by atoms with E-state index in [2.05, 4.69) is 10.3 Å². The van der Waals surface area contributed by atoms with Crippen molar-refractivity contribution in [2.75, 3.05) is 18.4 Å². The number of anilines is 1. The van der Waals surface area contributed by atoms with Gasteiger partial charge in [0.05, 0.1) is 10.2 Å². The molecule has 8 heteroatoms. The topological polar surface area (TPSA) is 65.5 Å². The van der Waals surface area contributed by atoms with E-state index in [1.165, 1.54) is 23.5 Å². The Hall–Kier alpha value is -1.09. The molecule has 1 heterocycles. The van der Waals surface area contributed by atoms with Gasteiger partial charge in [-0.05, 0) is 49.8 Å². The molecule has 3 rings (SSSR count). The molecule has 132 valence electrons. The summed E-state index contributed by atoms with van der Waals surface area (Å²) in [5.41, 5.74) is 0.821. The number of rotatable bonds is 6. The standard InChI is InChI=1S/C16H22FN3O2S2/c1-2-20(24(21)22)10-11-3-6-13(7-4-11)18-16-19-14-8-5-12(17)9-15(14)23-16/h5,8-9,11,13H,2-4,6-7,10H2,1H3,(H,18,19)(H,21,22). The molecule has 1 saturated carbocycles. The fraction of sp³-hybridized carbons (Fsp3) is 0.562. The molecule has 2 N–H and O–H groups in total. The third-order valence-electron chi connectivity index (χ3n) is 4.56. The summed E-state index contributed by atoms with van der Waals surface area (Å²) in [6.45, 7) is 3.16. The van der Waals surface area contributed by atoms with Crippen molar-refractivity contribution in [1.29, 1.82) is 0 Å². The van der Waals surface area contributed by atoms with Crippen LogP contribution >= 0.6 is 11.3 Å². The van der Waals surface area contributed by atoms with Crippen LogP contribution in [-0.2, 0) is 11.3 Å². The molecular weight excluding hydrogens is 349 g/mol. The van der Waals surface area contributed by atoms with Crippen LogP contribution in [0.5, 0.6) is 0 Å². The lowest BCUT2D eigenvalue weighted by molar-refractivity contribution is 0.272. The smallest absolute Gasteiger partial charge is 0.234 e. The largest absolute Gasteiger partial charge is 0.359 e. The second-order valence-corrected chi connectivity index (χ2v) is 8.21. The maximum absolute atomic E-state index is 13.3. The average Bonchev–Trinajstić information content (AvgIpc) is 2.95. The normalized spacial score (nSPS) is 22.8. The monoisotopic (exact) mass is 371 g/mol. The highest BCUT2D eigenvalue weighted by Crippen LogP contribution is 2.31. The van der Waals surface area contributed by atoms with E-state index in [0.717, 1.165) is 41.0 Å². The van der Waals surface area contributed by atoms with E-state index in [1.807, 2.05) is 6.92 Å². The van der Waals surface area contributed by atoms with Gasteiger partial charge in [-0.25, -0.2) is 17.9 Å². The Kier molecular flexibility index (Phi) is 5.80. The fourth-order valence-electron chi connectivity index (χ4n) is 3.22. The summed E-state index contributed by atoms with van der Waals surface area (Å²) < 4.78 is 36.1. The highest BCUT2D eigenvalue weighted by atomic mass is 32.2. The molecule has 1 atom stereocenters. The molecule has 0 amide bonds. The predicted molar refractivity (Wildman–Crippen MR) is 97.0 cm³/mol. The molecule has 1 fully saturated rings. The number of aromatic nitrogens is 1. The third-order valence-corrected chi connectivity index (χ3v) is 6.36. The summed E-state index contributed by atoms with van der Waals surface area (Å²) in [6, 6.07) is 5.02. The van der Waals surface area contributed by atoms with Crippen LogP contribution in [0.3, 0.4) is 0 Å². The fourth-order valence-corrected chi connectivity index (χ4v) is 4.74. The second-order valence-electron chi connectivity index (χ2n) is 6.20. The van der Waals surface area contributed by atoms with Crippen molar-refractivity contribution in [3.8, 4) is 0 Å². The quantitative estimate of drug-likeness (QED) is 0.757. The van der Waals surface area contributed by atoms with Gasteiger partial charge in [-0.2, -0.15) is 0 Å². The lowest BCUT2D eigenvalue weighted by Gasteiger charge is -2.31. The van der Waals surface area contributed by atoms with Crippen LogP contribution in [0.15, 0.2) is 18.2 Å². The Balaban J connectivity index is 1.53. The first kappa shape index (κ1) is 17.7. The third kappa shape index (κ3) is 4.30. The summed E-state index contributed by atoms with van der Waals surface area (Å²) in [5.74, 6) is 0.225. The lowest BCUT2D eigenvalue weighted by Crippen LogP contribution is -2.34. The number of thiazole rings is 1. The summed E-state index contributed by atoms with van der Waals surface area (Å²) in [6.07, 6.45) is 4.10. The van der Waals surface area contributed by atoms with Crippen molar-refractivity contribution in [2.45, 2.75) is 38.6 Å². The van der Waals surface area contributed by atoms with E-state index < -0.39 is 11.3 Å². The Bertz CT molecular complexity index is 716. The van der Waals surface area contributed by atoms with E-state index in [-0.39, 0.29) is 5.82 Å². The van der Waals surface area contributed by atoms with Gasteiger partial charge in [-0.15, -0.1) is 0 Å². The Labute approximate surface area is 147 Å². The summed E-state index contributed by atoms with van der Waals surface area (Å²) in [7, 11) is 0. The zero-order valence-electron chi connectivity index (χ0n) is 13.6. The van der Waals surface area contributed by atoms with E-state index in [0.29, 0.717) is 25.0 Å². The first-order valence-electron chi connectivity index (χ1n) is 8.23. The van der Waals surface area contributed by atoms with Crippen molar-refractivity contribution >= 4 is 38.0 Å². The number of halogens is 1. The molecule has 0 bridgehead atoms. The minimum absolute atomic E-state index is 0.236. The molecule has 5 nitrogen and oxygen atoms in total. The van der Waals surface area contributed by atoms with Gasteiger partial charge < -0.3 is 5.32 Å². The van der Waals surface area contributed by atoms with Gasteiger partial charge in [0, 0.05) is 19.1 Å². The molecule has 0 radical (unpaired) electrons. The number of hydrogen-bond donors (Lipinski definition) is 2. The van der Waals surface area contributed by atoms with E-state index in [4.69, 9.17) is 0 Å². The van der Waals surface area contributed by atoms with Gasteiger partial charge in [0.25, 0.3) is 0 Å². The van der Waals surface area contributed by atoms with E-state index in [9.17, 15) is 13.2 Å². The van der Waals surface area contributed by atoms with Crippen LogP contribution in [0.1, 0.15) is 32.6 Å². The first-order chi connectivity index (χ1) is 11.5. The number of benzene rings is 1. The molecule has 1 unspecified atom stereocenters. The van der Waals surface area contributed by atoms with Gasteiger partial charge in [0.2, 0.25) is 11.3 Å². The van der Waals surface area contributed by atoms with Crippen LogP contribution in [-0.4, -0.2) is 37.2 Å². The molecule has 1 aliphatic rings. The summed E-state index contributed by atoms with van der Waals surface area (Å²) >= 11 is -0.397. The number of fused-ring (bicyclic) bond motifs is 1. The zero-order chi connectivity index (χ0) is 17.1. The van der Waals surface area contributed by atoms with Crippen molar-refractivity contribution in [3.63, 3.8) is 0 Å². The van der Waals surface area contributed by atoms with Crippen LogP contribution < -0.4 is 5.32 Å². The van der Waals surface area contributed by atoms with Crippen molar-refractivity contribution in [1.82, 2.24) is 9.29 Å². The van der Waals surface area contributed by atoms with Crippen molar-refractivity contribution in [2.24, 2.45) is 5.92 Å². The van der Waals surface area contributed by atoms with Crippen molar-refractivity contribution in [3.05, 3.63) is 24.0 Å². The molecule has 24 heavy (non-hydrogen) atoms. The zero-order valence-corrected chi connectivity index (χ0v) is 15.2. The van der Waals surface area contributed by atoms with E-state index in [1.54, 1.807) is 10.4 Å². The Morgan fingerprint density at radius 3 is 2.83 bits per heavy atom. The number of nitrogens with zero attached hydrogens (tertiary/aromatic N) is 2. The van der Waals surface area contributed by atoms with Gasteiger partial charge in [-0.3, -0.25) is 4.55 Å². The van der Waals surface area contributed by atoms with Gasteiger partial charge in [0.1, 0.15) is 5.82 Å². The number of hydrogen-bond acceptors (Lipinski definition) is 4. The molecule has 1 aromatic heterocycles. The Morgan fingerprint density at radius 1 is 1.42 bits per heavy atom. The predicted octanol–water partition coefficient (Wildman–Crippen LogP) is 3.86. The lowest BCUT2D eigenvalue weighted by atomic mass is 9.86. The molecule has 0 spiro atoms. The number of nitrogens with one attached hydrogen (secondary N) is 1. The van der Waals surface area contributed by atoms with E-state index >= 15 is 0 Å². The summed E-state index contributed by atoms with van der Waals surface area (Å²) in [4.78, 5) is 4.51. The highest BCUT2D eigenvalue weighted by molar-refractivity contribution is 7.76. The Morgan fingerprint density at radius 2 is 2.17 bits per heavy atom. The van der Waals surface area contributed by atoms with Crippen LogP contribution in [0, 0.1) is 11.7 Å². The van der Waals surface area contributed by atoms with Gasteiger partial charge in [0.15, 0.2) is 5.13 Å². The second kappa shape index (κ2) is 7.86. The van der Waals surface area contributed by atoms with Crippen LogP contribution in [0.25, 0.3) is 10.2 Å². The molecular formula is C16H22FN3O2S2. The first-order valence-corrected chi connectivity index (χ1v) is 10.1. The highest BCUT2D eigenvalue weighted by Gasteiger charge is 2.24. The van der Waals surface area contributed by atoms with Gasteiger partial charge in [-0.1, -0.05) is 18.3 Å². The SMILES string of the molecule is CCN(CC1CCC(Nc2nc3ccc(F)cc3s2)CC1)S(=O)O.